The van der Waals surface area contributed by atoms with Gasteiger partial charge in [-0.1, -0.05) is 0 Å². The molecule has 0 radical (unpaired) electrons. The van der Waals surface area contributed by atoms with Gasteiger partial charge in [0.15, 0.2) is 0 Å². The van der Waals surface area contributed by atoms with Gasteiger partial charge in [-0.3, -0.25) is 4.79 Å². The van der Waals surface area contributed by atoms with Crippen LogP contribution in [0, 0.1) is 0 Å². The lowest BCUT2D eigenvalue weighted by Crippen LogP contribution is -2.37. The molecule has 0 aliphatic carbocycles. The van der Waals surface area contributed by atoms with Gasteiger partial charge in [-0.15, -0.1) is 0 Å². The Labute approximate surface area is 131 Å². The summed E-state index contributed by atoms with van der Waals surface area (Å²) in [4.78, 5) is 13.5. The van der Waals surface area contributed by atoms with E-state index in [0.717, 1.165) is 0 Å². The van der Waals surface area contributed by atoms with Crippen LogP contribution >= 0.6 is 0 Å². The summed E-state index contributed by atoms with van der Waals surface area (Å²) in [5, 5.41) is 2.94. The fourth-order valence-corrected chi connectivity index (χ4v) is 2.84. The number of carbonyl (C=O) groups is 1. The quantitative estimate of drug-likeness (QED) is 0.750. The number of hydrogen-bond acceptors (Lipinski definition) is 5. The summed E-state index contributed by atoms with van der Waals surface area (Å²) in [5.74, 6) is 0.0127. The molecule has 1 aromatic rings. The number of benzene rings is 1. The van der Waals surface area contributed by atoms with Crippen molar-refractivity contribution in [2.24, 2.45) is 0 Å². The molecule has 0 fully saturated rings. The second-order valence-electron chi connectivity index (χ2n) is 5.10. The van der Waals surface area contributed by atoms with Gasteiger partial charge in [0.05, 0.1) is 17.6 Å². The summed E-state index contributed by atoms with van der Waals surface area (Å²) in [6, 6.07) is 4.22. The molecule has 124 valence electrons. The highest BCUT2D eigenvalue weighted by Gasteiger charge is 2.21. The van der Waals surface area contributed by atoms with Crippen molar-refractivity contribution in [3.8, 4) is 5.75 Å². The third kappa shape index (κ3) is 4.43. The molecule has 2 N–H and O–H groups in total. The van der Waals surface area contributed by atoms with Gasteiger partial charge in [-0.25, -0.2) is 13.1 Å². The Balaban J connectivity index is 3.15. The third-order valence-corrected chi connectivity index (χ3v) is 4.61. The van der Waals surface area contributed by atoms with Crippen LogP contribution in [0.5, 0.6) is 5.75 Å². The lowest BCUT2D eigenvalue weighted by molar-refractivity contribution is 0.0824. The van der Waals surface area contributed by atoms with Gasteiger partial charge in [0, 0.05) is 26.7 Å². The van der Waals surface area contributed by atoms with Crippen LogP contribution in [-0.4, -0.2) is 60.1 Å². The normalized spacial score (nSPS) is 12.8. The second-order valence-corrected chi connectivity index (χ2v) is 6.87. The number of carbonyl (C=O) groups excluding carboxylic acids is 1. The van der Waals surface area contributed by atoms with Crippen molar-refractivity contribution < 1.29 is 17.9 Å². The molecule has 0 saturated carbocycles. The van der Waals surface area contributed by atoms with E-state index >= 15 is 0 Å². The number of amides is 1. The van der Waals surface area contributed by atoms with E-state index in [2.05, 4.69) is 10.0 Å². The first-order valence-electron chi connectivity index (χ1n) is 6.79. The minimum atomic E-state index is -3.69. The molecule has 0 spiro atoms. The summed E-state index contributed by atoms with van der Waals surface area (Å²) in [6.07, 6.45) is 0. The zero-order valence-corrected chi connectivity index (χ0v) is 14.3. The van der Waals surface area contributed by atoms with Crippen LogP contribution < -0.4 is 14.8 Å². The van der Waals surface area contributed by atoms with Gasteiger partial charge in [0.1, 0.15) is 5.75 Å². The van der Waals surface area contributed by atoms with E-state index in [0.29, 0.717) is 5.75 Å². The molecule has 0 aliphatic rings. The van der Waals surface area contributed by atoms with Crippen LogP contribution in [0.1, 0.15) is 17.3 Å². The van der Waals surface area contributed by atoms with Gasteiger partial charge in [-0.05, 0) is 32.2 Å². The van der Waals surface area contributed by atoms with Crippen molar-refractivity contribution in [1.82, 2.24) is 14.9 Å². The highest BCUT2D eigenvalue weighted by atomic mass is 32.2. The van der Waals surface area contributed by atoms with Crippen LogP contribution in [0.4, 0.5) is 0 Å². The SMILES string of the molecule is CNC(C)CNS(=O)(=O)c1ccc(OC)c(C(=O)N(C)C)c1. The van der Waals surface area contributed by atoms with Crippen molar-refractivity contribution in [1.29, 1.82) is 0 Å². The van der Waals surface area contributed by atoms with Gasteiger partial charge in [0.25, 0.3) is 5.91 Å². The van der Waals surface area contributed by atoms with E-state index in [9.17, 15) is 13.2 Å². The largest absolute Gasteiger partial charge is 0.496 e. The molecular formula is C14H23N3O4S. The van der Waals surface area contributed by atoms with Crippen LogP contribution in [-0.2, 0) is 10.0 Å². The number of hydrogen-bond donors (Lipinski definition) is 2. The fraction of sp³-hybridized carbons (Fsp3) is 0.500. The first-order chi connectivity index (χ1) is 10.2. The second kappa shape index (κ2) is 7.57. The molecular weight excluding hydrogens is 306 g/mol. The van der Waals surface area contributed by atoms with Crippen molar-refractivity contribution in [2.75, 3.05) is 34.8 Å². The van der Waals surface area contributed by atoms with Crippen LogP contribution in [0.15, 0.2) is 23.1 Å². The highest BCUT2D eigenvalue weighted by molar-refractivity contribution is 7.89. The molecule has 1 unspecified atom stereocenters. The zero-order chi connectivity index (χ0) is 16.9. The number of ether oxygens (including phenoxy) is 1. The summed E-state index contributed by atoms with van der Waals surface area (Å²) in [7, 11) is 2.68. The molecule has 0 aromatic heterocycles. The lowest BCUT2D eigenvalue weighted by Gasteiger charge is -2.16. The van der Waals surface area contributed by atoms with Crippen molar-refractivity contribution in [2.45, 2.75) is 17.9 Å². The van der Waals surface area contributed by atoms with E-state index < -0.39 is 10.0 Å². The summed E-state index contributed by atoms with van der Waals surface area (Å²) in [5.41, 5.74) is 0.206. The third-order valence-electron chi connectivity index (χ3n) is 3.19. The van der Waals surface area contributed by atoms with Gasteiger partial charge in [0.2, 0.25) is 10.0 Å². The summed E-state index contributed by atoms with van der Waals surface area (Å²) < 4.78 is 32.2. The van der Waals surface area contributed by atoms with E-state index in [4.69, 9.17) is 4.74 Å². The molecule has 1 rings (SSSR count). The molecule has 1 aromatic carbocycles. The van der Waals surface area contributed by atoms with E-state index in [1.165, 1.54) is 30.2 Å². The molecule has 0 bridgehead atoms. The Kier molecular flexibility index (Phi) is 6.34. The Morgan fingerprint density at radius 1 is 1.36 bits per heavy atom. The number of sulfonamides is 1. The van der Waals surface area contributed by atoms with Crippen LogP contribution in [0.25, 0.3) is 0 Å². The first kappa shape index (κ1) is 18.4. The van der Waals surface area contributed by atoms with Crippen molar-refractivity contribution in [3.05, 3.63) is 23.8 Å². The van der Waals surface area contributed by atoms with E-state index in [1.54, 1.807) is 21.1 Å². The van der Waals surface area contributed by atoms with Gasteiger partial charge < -0.3 is 15.0 Å². The maximum absolute atomic E-state index is 12.3. The molecule has 1 amide bonds. The standard InChI is InChI=1S/C14H23N3O4S/c1-10(15-2)9-16-22(19,20)11-6-7-13(21-5)12(8-11)14(18)17(3)4/h6-8,10,15-16H,9H2,1-5H3. The molecule has 0 aliphatic heterocycles. The van der Waals surface area contributed by atoms with Crippen molar-refractivity contribution >= 4 is 15.9 Å². The Hall–Kier alpha value is -1.64. The van der Waals surface area contributed by atoms with Gasteiger partial charge in [-0.2, -0.15) is 0 Å². The summed E-state index contributed by atoms with van der Waals surface area (Å²) >= 11 is 0. The topological polar surface area (TPSA) is 87.7 Å². The average Bonchev–Trinajstić information content (AvgIpc) is 2.50. The zero-order valence-electron chi connectivity index (χ0n) is 13.5. The number of nitrogens with one attached hydrogen (secondary N) is 2. The van der Waals surface area contributed by atoms with Crippen molar-refractivity contribution in [3.63, 3.8) is 0 Å². The smallest absolute Gasteiger partial charge is 0.257 e. The molecule has 8 heteroatoms. The predicted octanol–water partition coefficient (Wildman–Crippen LogP) is 0.283. The summed E-state index contributed by atoms with van der Waals surface area (Å²) in [6.45, 7) is 2.11. The number of rotatable bonds is 7. The lowest BCUT2D eigenvalue weighted by atomic mass is 10.2. The van der Waals surface area contributed by atoms with Crippen LogP contribution in [0.3, 0.4) is 0 Å². The molecule has 1 atom stereocenters. The minimum absolute atomic E-state index is 0.00380. The predicted molar refractivity (Wildman–Crippen MR) is 84.7 cm³/mol. The maximum atomic E-state index is 12.3. The molecule has 22 heavy (non-hydrogen) atoms. The van der Waals surface area contributed by atoms with E-state index in [1.807, 2.05) is 6.92 Å². The van der Waals surface area contributed by atoms with Gasteiger partial charge >= 0.3 is 0 Å². The van der Waals surface area contributed by atoms with E-state index in [-0.39, 0.29) is 29.0 Å². The Bertz CT molecular complexity index is 629. The maximum Gasteiger partial charge on any atom is 0.257 e. The minimum Gasteiger partial charge on any atom is -0.496 e. The number of methoxy groups -OCH3 is 1. The monoisotopic (exact) mass is 329 g/mol. The number of nitrogens with zero attached hydrogens (tertiary/aromatic N) is 1. The Morgan fingerprint density at radius 2 is 2.00 bits per heavy atom. The molecule has 0 heterocycles. The molecule has 7 nitrogen and oxygen atoms in total. The average molecular weight is 329 g/mol. The molecule has 0 saturated heterocycles. The van der Waals surface area contributed by atoms with Crippen LogP contribution in [0.2, 0.25) is 0 Å². The fourth-order valence-electron chi connectivity index (χ4n) is 1.68. The highest BCUT2D eigenvalue weighted by Crippen LogP contribution is 2.23. The first-order valence-corrected chi connectivity index (χ1v) is 8.28. The Morgan fingerprint density at radius 3 is 2.50 bits per heavy atom. The number of likely N-dealkylation sites (N-methyl/N-ethyl adjacent to an activating group) is 1.